The minimum atomic E-state index is -0.731. The van der Waals surface area contributed by atoms with Crippen molar-refractivity contribution in [3.8, 4) is 22.5 Å². The SMILES string of the molecule is CCOC(=O)C1N=C(C)c2cc(CC)n(Cc3ccc(-c4ccccc4-c4nnn[nH]4)cc3)c2N1. The van der Waals surface area contributed by atoms with E-state index in [2.05, 4.69) is 78.8 Å². The molecule has 3 heterocycles. The molecular weight excluding hydrogens is 442 g/mol. The number of aryl methyl sites for hydroxylation is 1. The topological polar surface area (TPSA) is 110 Å². The van der Waals surface area contributed by atoms with E-state index in [1.165, 1.54) is 5.69 Å². The molecule has 0 spiro atoms. The van der Waals surface area contributed by atoms with Gasteiger partial charge in [0.05, 0.1) is 6.61 Å². The molecule has 2 aromatic carbocycles. The van der Waals surface area contributed by atoms with Crippen LogP contribution in [-0.4, -0.2) is 49.6 Å². The maximum Gasteiger partial charge on any atom is 0.351 e. The Bertz CT molecular complexity index is 1370. The zero-order valence-corrected chi connectivity index (χ0v) is 19.9. The Morgan fingerprint density at radius 2 is 1.83 bits per heavy atom. The van der Waals surface area contributed by atoms with Crippen LogP contribution in [0.15, 0.2) is 59.6 Å². The summed E-state index contributed by atoms with van der Waals surface area (Å²) in [6.07, 6.45) is 0.133. The number of ether oxygens (including phenoxy) is 1. The highest BCUT2D eigenvalue weighted by molar-refractivity contribution is 6.06. The number of hydrogen-bond donors (Lipinski definition) is 2. The lowest BCUT2D eigenvalue weighted by molar-refractivity contribution is -0.143. The van der Waals surface area contributed by atoms with Crippen LogP contribution in [0.2, 0.25) is 0 Å². The van der Waals surface area contributed by atoms with Crippen molar-refractivity contribution in [1.82, 2.24) is 25.2 Å². The molecule has 0 bridgehead atoms. The van der Waals surface area contributed by atoms with Crippen LogP contribution in [0, 0.1) is 0 Å². The monoisotopic (exact) mass is 469 g/mol. The van der Waals surface area contributed by atoms with Crippen LogP contribution < -0.4 is 5.32 Å². The second-order valence-corrected chi connectivity index (χ2v) is 8.34. The van der Waals surface area contributed by atoms with Gasteiger partial charge in [0.25, 0.3) is 0 Å². The molecule has 5 rings (SSSR count). The first-order valence-corrected chi connectivity index (χ1v) is 11.7. The van der Waals surface area contributed by atoms with Gasteiger partial charge in [0, 0.05) is 29.1 Å². The summed E-state index contributed by atoms with van der Waals surface area (Å²) in [5, 5.41) is 17.6. The summed E-state index contributed by atoms with van der Waals surface area (Å²) in [5.41, 5.74) is 7.25. The third-order valence-corrected chi connectivity index (χ3v) is 6.17. The van der Waals surface area contributed by atoms with Crippen molar-refractivity contribution in [2.75, 3.05) is 11.9 Å². The lowest BCUT2D eigenvalue weighted by Gasteiger charge is -2.23. The summed E-state index contributed by atoms with van der Waals surface area (Å²) in [7, 11) is 0. The highest BCUT2D eigenvalue weighted by Crippen LogP contribution is 2.31. The van der Waals surface area contributed by atoms with Gasteiger partial charge in [-0.15, -0.1) is 5.10 Å². The average Bonchev–Trinajstić information content (AvgIpc) is 3.54. The molecule has 0 amide bonds. The van der Waals surface area contributed by atoms with Gasteiger partial charge in [-0.3, -0.25) is 4.99 Å². The molecule has 0 radical (unpaired) electrons. The highest BCUT2D eigenvalue weighted by atomic mass is 16.5. The smallest absolute Gasteiger partial charge is 0.351 e. The van der Waals surface area contributed by atoms with Crippen molar-refractivity contribution < 1.29 is 9.53 Å². The van der Waals surface area contributed by atoms with Crippen LogP contribution in [-0.2, 0) is 22.5 Å². The molecule has 1 unspecified atom stereocenters. The van der Waals surface area contributed by atoms with Crippen LogP contribution in [0.1, 0.15) is 37.6 Å². The number of tetrazole rings is 1. The van der Waals surface area contributed by atoms with Crippen molar-refractivity contribution in [2.45, 2.75) is 39.9 Å². The maximum absolute atomic E-state index is 12.4. The first-order chi connectivity index (χ1) is 17.1. The number of nitrogens with zero attached hydrogens (tertiary/aromatic N) is 5. The number of fused-ring (bicyclic) bond motifs is 1. The number of carbonyl (C=O) groups excluding carboxylic acids is 1. The zero-order chi connectivity index (χ0) is 24.4. The molecule has 9 nitrogen and oxygen atoms in total. The fourth-order valence-corrected chi connectivity index (χ4v) is 4.45. The molecule has 9 heteroatoms. The summed E-state index contributed by atoms with van der Waals surface area (Å²) in [4.78, 5) is 16.9. The highest BCUT2D eigenvalue weighted by Gasteiger charge is 2.28. The van der Waals surface area contributed by atoms with Gasteiger partial charge in [0.1, 0.15) is 5.82 Å². The number of nitrogens with one attached hydrogen (secondary N) is 2. The van der Waals surface area contributed by atoms with E-state index in [0.717, 1.165) is 45.8 Å². The zero-order valence-electron chi connectivity index (χ0n) is 19.9. The van der Waals surface area contributed by atoms with Gasteiger partial charge in [-0.2, -0.15) is 0 Å². The summed E-state index contributed by atoms with van der Waals surface area (Å²) < 4.78 is 7.42. The van der Waals surface area contributed by atoms with Gasteiger partial charge >= 0.3 is 5.97 Å². The van der Waals surface area contributed by atoms with Gasteiger partial charge in [0.15, 0.2) is 5.82 Å². The molecule has 178 valence electrons. The van der Waals surface area contributed by atoms with Crippen LogP contribution in [0.25, 0.3) is 22.5 Å². The lowest BCUT2D eigenvalue weighted by Crippen LogP contribution is -2.34. The van der Waals surface area contributed by atoms with E-state index >= 15 is 0 Å². The minimum absolute atomic E-state index is 0.322. The molecule has 0 saturated heterocycles. The molecule has 2 N–H and O–H groups in total. The number of aromatic amines is 1. The van der Waals surface area contributed by atoms with E-state index in [4.69, 9.17) is 4.74 Å². The number of H-pyrrole nitrogens is 1. The van der Waals surface area contributed by atoms with Gasteiger partial charge in [0.2, 0.25) is 6.17 Å². The molecule has 1 aliphatic rings. The summed E-state index contributed by atoms with van der Waals surface area (Å²) >= 11 is 0. The van der Waals surface area contributed by atoms with E-state index in [1.54, 1.807) is 6.92 Å². The Hall–Kier alpha value is -4.27. The Morgan fingerprint density at radius 1 is 1.06 bits per heavy atom. The summed E-state index contributed by atoms with van der Waals surface area (Å²) in [5.74, 6) is 1.17. The standard InChI is InChI=1S/C26H27N7O2/c1-4-19-14-22-16(3)27-24(26(34)35-5-2)28-25(22)33(19)15-17-10-12-18(13-11-17)20-8-6-7-9-21(20)23-29-31-32-30-23/h6-14,24,28H,4-5,15H2,1-3H3,(H,29,30,31,32). The number of carbonyl (C=O) groups is 1. The number of hydrogen-bond acceptors (Lipinski definition) is 7. The Balaban J connectivity index is 1.44. The number of esters is 1. The molecule has 2 aromatic heterocycles. The van der Waals surface area contributed by atoms with E-state index in [9.17, 15) is 4.79 Å². The molecule has 0 aliphatic carbocycles. The van der Waals surface area contributed by atoms with Crippen molar-refractivity contribution >= 4 is 17.5 Å². The number of aromatic nitrogens is 5. The van der Waals surface area contributed by atoms with Crippen molar-refractivity contribution in [3.05, 3.63) is 71.4 Å². The molecule has 1 aliphatic heterocycles. The van der Waals surface area contributed by atoms with Gasteiger partial charge in [-0.05, 0) is 53.5 Å². The number of benzene rings is 2. The molecule has 0 saturated carbocycles. The van der Waals surface area contributed by atoms with E-state index in [0.29, 0.717) is 19.0 Å². The average molecular weight is 470 g/mol. The van der Waals surface area contributed by atoms with Gasteiger partial charge < -0.3 is 14.6 Å². The molecule has 1 atom stereocenters. The third-order valence-electron chi connectivity index (χ3n) is 6.17. The Labute approximate surface area is 203 Å². The largest absolute Gasteiger partial charge is 0.463 e. The van der Waals surface area contributed by atoms with Crippen molar-refractivity contribution in [1.29, 1.82) is 0 Å². The fourth-order valence-electron chi connectivity index (χ4n) is 4.45. The summed E-state index contributed by atoms with van der Waals surface area (Å²) in [6, 6.07) is 18.7. The molecule has 35 heavy (non-hydrogen) atoms. The van der Waals surface area contributed by atoms with E-state index < -0.39 is 6.17 Å². The summed E-state index contributed by atoms with van der Waals surface area (Å²) in [6.45, 7) is 6.85. The lowest BCUT2D eigenvalue weighted by atomic mass is 9.98. The second-order valence-electron chi connectivity index (χ2n) is 8.34. The Kier molecular flexibility index (Phi) is 6.13. The van der Waals surface area contributed by atoms with Crippen molar-refractivity contribution in [3.63, 3.8) is 0 Å². The predicted octanol–water partition coefficient (Wildman–Crippen LogP) is 4.07. The normalized spacial score (nSPS) is 14.7. The number of anilines is 1. The van der Waals surface area contributed by atoms with Crippen LogP contribution >= 0.6 is 0 Å². The third kappa shape index (κ3) is 4.32. The fraction of sp³-hybridized carbons (Fsp3) is 0.269. The minimum Gasteiger partial charge on any atom is -0.463 e. The van der Waals surface area contributed by atoms with Gasteiger partial charge in [-0.25, -0.2) is 9.89 Å². The molecule has 4 aromatic rings. The first-order valence-electron chi connectivity index (χ1n) is 11.7. The quantitative estimate of drug-likeness (QED) is 0.395. The molecular formula is C26H27N7O2. The maximum atomic E-state index is 12.4. The van der Waals surface area contributed by atoms with Crippen LogP contribution in [0.4, 0.5) is 5.82 Å². The molecule has 0 fully saturated rings. The first kappa shape index (κ1) is 22.5. The van der Waals surface area contributed by atoms with Crippen molar-refractivity contribution in [2.24, 2.45) is 4.99 Å². The predicted molar refractivity (Wildman–Crippen MR) is 134 cm³/mol. The second kappa shape index (κ2) is 9.54. The van der Waals surface area contributed by atoms with E-state index in [-0.39, 0.29) is 5.97 Å². The number of aliphatic imine (C=N–C) groups is 1. The Morgan fingerprint density at radius 3 is 2.51 bits per heavy atom. The van der Waals surface area contributed by atoms with E-state index in [1.807, 2.05) is 25.1 Å². The van der Waals surface area contributed by atoms with Crippen LogP contribution in [0.3, 0.4) is 0 Å². The number of rotatable bonds is 7. The van der Waals surface area contributed by atoms with Gasteiger partial charge in [-0.1, -0.05) is 55.5 Å². The van der Waals surface area contributed by atoms with Crippen LogP contribution in [0.5, 0.6) is 0 Å².